The maximum absolute atomic E-state index is 11.2. The zero-order valence-electron chi connectivity index (χ0n) is 8.29. The van der Waals surface area contributed by atoms with E-state index in [1.54, 1.807) is 0 Å². The van der Waals surface area contributed by atoms with E-state index in [1.165, 1.54) is 25.7 Å². The van der Waals surface area contributed by atoms with Gasteiger partial charge in [0, 0.05) is 6.42 Å². The van der Waals surface area contributed by atoms with Crippen molar-refractivity contribution in [2.45, 2.75) is 39.0 Å². The highest BCUT2D eigenvalue weighted by Gasteiger charge is 2.40. The van der Waals surface area contributed by atoms with Crippen molar-refractivity contribution in [1.29, 1.82) is 0 Å². The van der Waals surface area contributed by atoms with Crippen molar-refractivity contribution in [3.63, 3.8) is 0 Å². The number of fused-ring (bicyclic) bond motifs is 1. The maximum Gasteiger partial charge on any atom is 0.306 e. The third-order valence-corrected chi connectivity index (χ3v) is 3.61. The molecule has 0 radical (unpaired) electrons. The number of rotatable bonds is 3. The molecule has 0 aromatic carbocycles. The van der Waals surface area contributed by atoms with Crippen LogP contribution < -0.4 is 0 Å². The largest absolute Gasteiger partial charge is 0.466 e. The molecule has 0 bridgehead atoms. The summed E-state index contributed by atoms with van der Waals surface area (Å²) in [5, 5.41) is 0. The fourth-order valence-corrected chi connectivity index (χ4v) is 2.83. The first-order chi connectivity index (χ1) is 6.29. The molecule has 2 nitrogen and oxygen atoms in total. The van der Waals surface area contributed by atoms with Gasteiger partial charge in [-0.05, 0) is 50.4 Å². The van der Waals surface area contributed by atoms with Crippen molar-refractivity contribution in [2.75, 3.05) is 6.61 Å². The zero-order valence-corrected chi connectivity index (χ0v) is 8.29. The first kappa shape index (κ1) is 9.04. The highest BCUT2D eigenvalue weighted by Crippen LogP contribution is 2.50. The summed E-state index contributed by atoms with van der Waals surface area (Å²) in [7, 11) is 0. The molecule has 0 heterocycles. The van der Waals surface area contributed by atoms with Crippen LogP contribution in [0.15, 0.2) is 0 Å². The molecule has 2 aliphatic carbocycles. The summed E-state index contributed by atoms with van der Waals surface area (Å²) in [6.07, 6.45) is 6.04. The van der Waals surface area contributed by atoms with Gasteiger partial charge in [-0.3, -0.25) is 4.79 Å². The van der Waals surface area contributed by atoms with E-state index in [1.807, 2.05) is 6.92 Å². The van der Waals surface area contributed by atoms with E-state index in [9.17, 15) is 4.79 Å². The molecule has 0 N–H and O–H groups in total. The zero-order chi connectivity index (χ0) is 9.26. The van der Waals surface area contributed by atoms with E-state index in [0.717, 1.165) is 11.8 Å². The summed E-state index contributed by atoms with van der Waals surface area (Å²) >= 11 is 0. The van der Waals surface area contributed by atoms with Crippen LogP contribution in [0.25, 0.3) is 0 Å². The van der Waals surface area contributed by atoms with Gasteiger partial charge in [-0.15, -0.1) is 0 Å². The van der Waals surface area contributed by atoms with Gasteiger partial charge in [0.2, 0.25) is 0 Å². The molecule has 0 aliphatic heterocycles. The third kappa shape index (κ3) is 1.87. The second kappa shape index (κ2) is 3.69. The van der Waals surface area contributed by atoms with Gasteiger partial charge in [0.1, 0.15) is 0 Å². The smallest absolute Gasteiger partial charge is 0.306 e. The molecule has 0 aromatic heterocycles. The van der Waals surface area contributed by atoms with Crippen LogP contribution >= 0.6 is 0 Å². The normalized spacial score (nSPS) is 36.5. The fraction of sp³-hybridized carbons (Fsp3) is 0.909. The lowest BCUT2D eigenvalue weighted by Crippen LogP contribution is -2.18. The summed E-state index contributed by atoms with van der Waals surface area (Å²) < 4.78 is 4.96. The predicted molar refractivity (Wildman–Crippen MR) is 50.2 cm³/mol. The van der Waals surface area contributed by atoms with Crippen LogP contribution in [0.5, 0.6) is 0 Å². The molecule has 2 heteroatoms. The van der Waals surface area contributed by atoms with Gasteiger partial charge in [0.05, 0.1) is 6.61 Å². The van der Waals surface area contributed by atoms with Gasteiger partial charge >= 0.3 is 5.97 Å². The lowest BCUT2D eigenvalue weighted by molar-refractivity contribution is -0.144. The molecular weight excluding hydrogens is 164 g/mol. The second-order valence-corrected chi connectivity index (χ2v) is 4.44. The Hall–Kier alpha value is -0.530. The number of ether oxygens (including phenoxy) is 1. The van der Waals surface area contributed by atoms with Gasteiger partial charge in [-0.2, -0.15) is 0 Å². The summed E-state index contributed by atoms with van der Waals surface area (Å²) in [6.45, 7) is 2.40. The van der Waals surface area contributed by atoms with Crippen molar-refractivity contribution in [2.24, 2.45) is 17.8 Å². The highest BCUT2D eigenvalue weighted by molar-refractivity contribution is 5.69. The topological polar surface area (TPSA) is 26.3 Å². The summed E-state index contributed by atoms with van der Waals surface area (Å²) in [4.78, 5) is 11.2. The molecule has 0 amide bonds. The first-order valence-corrected chi connectivity index (χ1v) is 5.45. The molecule has 2 unspecified atom stereocenters. The predicted octanol–water partition coefficient (Wildman–Crippen LogP) is 2.38. The molecule has 0 aromatic rings. The Labute approximate surface area is 79.7 Å². The lowest BCUT2D eigenvalue weighted by Gasteiger charge is -2.29. The minimum atomic E-state index is 0.00815. The van der Waals surface area contributed by atoms with Crippen molar-refractivity contribution in [3.05, 3.63) is 0 Å². The minimum Gasteiger partial charge on any atom is -0.466 e. The van der Waals surface area contributed by atoms with Crippen LogP contribution in [0, 0.1) is 17.8 Å². The van der Waals surface area contributed by atoms with Crippen molar-refractivity contribution in [3.8, 4) is 0 Å². The maximum atomic E-state index is 11.2. The SMILES string of the molecule is CCOC(=O)CC1CC2CC[C@H]2C1. The number of esters is 1. The van der Waals surface area contributed by atoms with Crippen molar-refractivity contribution >= 4 is 5.97 Å². The molecular formula is C11H18O2. The van der Waals surface area contributed by atoms with Gasteiger partial charge in [0.15, 0.2) is 0 Å². The molecule has 13 heavy (non-hydrogen) atoms. The average Bonchev–Trinajstić information content (AvgIpc) is 2.31. The second-order valence-electron chi connectivity index (χ2n) is 4.44. The van der Waals surface area contributed by atoms with Crippen LogP contribution in [0.1, 0.15) is 39.0 Å². The van der Waals surface area contributed by atoms with E-state index < -0.39 is 0 Å². The van der Waals surface area contributed by atoms with Gasteiger partial charge in [0.25, 0.3) is 0 Å². The Bertz CT molecular complexity index is 188. The summed E-state index contributed by atoms with van der Waals surface area (Å²) in [5.41, 5.74) is 0. The number of hydrogen-bond donors (Lipinski definition) is 0. The average molecular weight is 182 g/mol. The van der Waals surface area contributed by atoms with E-state index in [0.29, 0.717) is 18.9 Å². The van der Waals surface area contributed by atoms with E-state index in [2.05, 4.69) is 0 Å². The van der Waals surface area contributed by atoms with Crippen LogP contribution in [-0.2, 0) is 9.53 Å². The Morgan fingerprint density at radius 3 is 2.38 bits per heavy atom. The Morgan fingerprint density at radius 2 is 1.92 bits per heavy atom. The third-order valence-electron chi connectivity index (χ3n) is 3.61. The fourth-order valence-electron chi connectivity index (χ4n) is 2.83. The van der Waals surface area contributed by atoms with Gasteiger partial charge < -0.3 is 4.74 Å². The van der Waals surface area contributed by atoms with E-state index >= 15 is 0 Å². The Kier molecular flexibility index (Phi) is 2.56. The van der Waals surface area contributed by atoms with Gasteiger partial charge in [-0.1, -0.05) is 0 Å². The monoisotopic (exact) mass is 182 g/mol. The lowest BCUT2D eigenvalue weighted by atomic mass is 9.77. The van der Waals surface area contributed by atoms with Crippen molar-refractivity contribution in [1.82, 2.24) is 0 Å². The molecule has 0 saturated heterocycles. The van der Waals surface area contributed by atoms with Crippen LogP contribution in [0.3, 0.4) is 0 Å². The molecule has 0 spiro atoms. The number of carbonyl (C=O) groups is 1. The Morgan fingerprint density at radius 1 is 1.31 bits per heavy atom. The van der Waals surface area contributed by atoms with Crippen LogP contribution in [0.4, 0.5) is 0 Å². The van der Waals surface area contributed by atoms with Crippen LogP contribution in [-0.4, -0.2) is 12.6 Å². The minimum absolute atomic E-state index is 0.00815. The summed E-state index contributed by atoms with van der Waals surface area (Å²) in [6, 6.07) is 0. The molecule has 2 saturated carbocycles. The van der Waals surface area contributed by atoms with E-state index in [4.69, 9.17) is 4.74 Å². The molecule has 3 atom stereocenters. The molecule has 74 valence electrons. The van der Waals surface area contributed by atoms with Crippen LogP contribution in [0.2, 0.25) is 0 Å². The highest BCUT2D eigenvalue weighted by atomic mass is 16.5. The molecule has 2 aliphatic rings. The Balaban J connectivity index is 1.73. The standard InChI is InChI=1S/C11H18O2/c1-2-13-11(12)7-8-5-9-3-4-10(9)6-8/h8-10H,2-7H2,1H3/t8?,9-,10?/m0/s1. The molecule has 2 rings (SSSR count). The first-order valence-electron chi connectivity index (χ1n) is 5.45. The van der Waals surface area contributed by atoms with E-state index in [-0.39, 0.29) is 5.97 Å². The van der Waals surface area contributed by atoms with Gasteiger partial charge in [-0.25, -0.2) is 0 Å². The van der Waals surface area contributed by atoms with Crippen molar-refractivity contribution < 1.29 is 9.53 Å². The molecule has 2 fully saturated rings. The number of carbonyl (C=O) groups excluding carboxylic acids is 1. The quantitative estimate of drug-likeness (QED) is 0.626. The number of hydrogen-bond acceptors (Lipinski definition) is 2. The summed E-state index contributed by atoms with van der Waals surface area (Å²) in [5.74, 6) is 2.56.